The number of pyridine rings is 1. The van der Waals surface area contributed by atoms with Crippen LogP contribution in [-0.2, 0) is 6.18 Å². The molecule has 0 spiro atoms. The number of halogens is 3. The number of alkyl halides is 3. The fraction of sp³-hybridized carbons (Fsp3) is 0.211. The summed E-state index contributed by atoms with van der Waals surface area (Å²) in [6.07, 6.45) is -2.49. The van der Waals surface area contributed by atoms with Crippen molar-refractivity contribution in [2.24, 2.45) is 0 Å². The first-order valence-electron chi connectivity index (χ1n) is 8.15. The Morgan fingerprint density at radius 1 is 1.07 bits per heavy atom. The average molecular weight is 391 g/mol. The lowest BCUT2D eigenvalue weighted by molar-refractivity contribution is -0.137. The first-order chi connectivity index (χ1) is 13.2. The van der Waals surface area contributed by atoms with E-state index in [1.807, 2.05) is 6.92 Å². The Balaban J connectivity index is 1.86. The zero-order valence-corrected chi connectivity index (χ0v) is 15.2. The second-order valence-corrected chi connectivity index (χ2v) is 6.00. The van der Waals surface area contributed by atoms with E-state index in [9.17, 15) is 18.0 Å². The molecule has 146 valence electrons. The molecule has 0 aliphatic heterocycles. The van der Waals surface area contributed by atoms with E-state index >= 15 is 0 Å². The fourth-order valence-corrected chi connectivity index (χ4v) is 2.53. The van der Waals surface area contributed by atoms with Crippen LogP contribution in [0.2, 0.25) is 0 Å². The van der Waals surface area contributed by atoms with Gasteiger partial charge in [0.05, 0.1) is 24.6 Å². The van der Waals surface area contributed by atoms with Crippen molar-refractivity contribution >= 4 is 5.97 Å². The van der Waals surface area contributed by atoms with Crippen LogP contribution >= 0.6 is 0 Å². The molecule has 6 nitrogen and oxygen atoms in total. The molecule has 0 atom stereocenters. The minimum Gasteiger partial charge on any atom is -0.493 e. The number of aromatic nitrogens is 3. The van der Waals surface area contributed by atoms with Crippen molar-refractivity contribution in [2.45, 2.75) is 20.0 Å². The number of hydrogen-bond donors (Lipinski definition) is 0. The van der Waals surface area contributed by atoms with Crippen LogP contribution in [0.3, 0.4) is 0 Å². The molecule has 0 saturated carbocycles. The maximum absolute atomic E-state index is 12.7. The van der Waals surface area contributed by atoms with Gasteiger partial charge in [-0.3, -0.25) is 0 Å². The Bertz CT molecular complexity index is 1010. The number of rotatable bonds is 4. The van der Waals surface area contributed by atoms with Gasteiger partial charge in [-0.05, 0) is 43.7 Å². The minimum atomic E-state index is -4.48. The van der Waals surface area contributed by atoms with E-state index in [-0.39, 0.29) is 17.1 Å². The Morgan fingerprint density at radius 2 is 1.82 bits per heavy atom. The molecule has 1 aromatic carbocycles. The van der Waals surface area contributed by atoms with E-state index in [1.54, 1.807) is 25.1 Å². The van der Waals surface area contributed by atoms with Crippen LogP contribution in [0.15, 0.2) is 42.7 Å². The second-order valence-electron chi connectivity index (χ2n) is 6.00. The lowest BCUT2D eigenvalue weighted by atomic mass is 10.2. The second kappa shape index (κ2) is 7.34. The van der Waals surface area contributed by atoms with Crippen LogP contribution in [0.25, 0.3) is 5.82 Å². The van der Waals surface area contributed by atoms with Gasteiger partial charge in [-0.25, -0.2) is 14.5 Å². The summed E-state index contributed by atoms with van der Waals surface area (Å²) in [5.41, 5.74) is 0.605. The lowest BCUT2D eigenvalue weighted by Gasteiger charge is -2.10. The number of methoxy groups -OCH3 is 1. The van der Waals surface area contributed by atoms with Gasteiger partial charge in [0, 0.05) is 6.20 Å². The maximum Gasteiger partial charge on any atom is 0.417 e. The smallest absolute Gasteiger partial charge is 0.417 e. The Labute approximate surface area is 158 Å². The van der Waals surface area contributed by atoms with Crippen molar-refractivity contribution in [3.8, 4) is 17.3 Å². The zero-order chi connectivity index (χ0) is 20.5. The van der Waals surface area contributed by atoms with Gasteiger partial charge in [0.25, 0.3) is 0 Å². The molecule has 0 fully saturated rings. The van der Waals surface area contributed by atoms with Crippen molar-refractivity contribution in [2.75, 3.05) is 7.11 Å². The normalized spacial score (nSPS) is 11.4. The molecule has 0 aliphatic rings. The van der Waals surface area contributed by atoms with Gasteiger partial charge in [-0.2, -0.15) is 18.3 Å². The number of hydrogen-bond acceptors (Lipinski definition) is 5. The molecule has 0 amide bonds. The zero-order valence-electron chi connectivity index (χ0n) is 15.2. The highest BCUT2D eigenvalue weighted by Gasteiger charge is 2.31. The van der Waals surface area contributed by atoms with Crippen LogP contribution in [0.4, 0.5) is 13.2 Å². The standard InChI is InChI=1S/C19H16F3N3O3/c1-11-4-6-15(16(8-11)27-3)28-18(26)14-10-24-25(12(14)2)17-7-5-13(9-23-17)19(20,21)22/h4-10H,1-3H3. The highest BCUT2D eigenvalue weighted by atomic mass is 19.4. The predicted octanol–water partition coefficient (Wildman–Crippen LogP) is 4.13. The maximum atomic E-state index is 12.7. The Hall–Kier alpha value is -3.36. The van der Waals surface area contributed by atoms with E-state index in [2.05, 4.69) is 10.1 Å². The van der Waals surface area contributed by atoms with Crippen molar-refractivity contribution in [3.05, 3.63) is 65.1 Å². The summed E-state index contributed by atoms with van der Waals surface area (Å²) < 4.78 is 49.9. The van der Waals surface area contributed by atoms with Crippen molar-refractivity contribution < 1.29 is 27.4 Å². The van der Waals surface area contributed by atoms with E-state index in [0.717, 1.165) is 11.6 Å². The third-order valence-corrected chi connectivity index (χ3v) is 4.04. The van der Waals surface area contributed by atoms with Gasteiger partial charge >= 0.3 is 12.1 Å². The highest BCUT2D eigenvalue weighted by molar-refractivity contribution is 5.92. The fourth-order valence-electron chi connectivity index (χ4n) is 2.53. The Kier molecular flexibility index (Phi) is 5.08. The molecule has 0 bridgehead atoms. The van der Waals surface area contributed by atoms with Crippen LogP contribution in [0.5, 0.6) is 11.5 Å². The SMILES string of the molecule is COc1cc(C)ccc1OC(=O)c1cnn(-c2ccc(C(F)(F)F)cn2)c1C. The molecular weight excluding hydrogens is 375 g/mol. The minimum absolute atomic E-state index is 0.150. The van der Waals surface area contributed by atoms with E-state index in [4.69, 9.17) is 9.47 Å². The number of benzene rings is 1. The van der Waals surface area contributed by atoms with Gasteiger partial charge in [0.15, 0.2) is 17.3 Å². The molecule has 2 heterocycles. The molecule has 28 heavy (non-hydrogen) atoms. The third-order valence-electron chi connectivity index (χ3n) is 4.04. The van der Waals surface area contributed by atoms with Crippen LogP contribution < -0.4 is 9.47 Å². The number of nitrogens with zero attached hydrogens (tertiary/aromatic N) is 3. The Morgan fingerprint density at radius 3 is 2.43 bits per heavy atom. The topological polar surface area (TPSA) is 66.2 Å². The predicted molar refractivity (Wildman–Crippen MR) is 93.8 cm³/mol. The largest absolute Gasteiger partial charge is 0.493 e. The summed E-state index contributed by atoms with van der Waals surface area (Å²) in [4.78, 5) is 16.3. The van der Waals surface area contributed by atoms with Crippen molar-refractivity contribution in [3.63, 3.8) is 0 Å². The van der Waals surface area contributed by atoms with Gasteiger partial charge < -0.3 is 9.47 Å². The molecule has 0 unspecified atom stereocenters. The number of aryl methyl sites for hydroxylation is 1. The van der Waals surface area contributed by atoms with Crippen molar-refractivity contribution in [1.82, 2.24) is 14.8 Å². The van der Waals surface area contributed by atoms with E-state index < -0.39 is 17.7 Å². The van der Waals surface area contributed by atoms with Gasteiger partial charge in [0.2, 0.25) is 0 Å². The molecule has 0 saturated heterocycles. The lowest BCUT2D eigenvalue weighted by Crippen LogP contribution is -2.11. The van der Waals surface area contributed by atoms with E-state index in [0.29, 0.717) is 17.6 Å². The molecule has 3 rings (SSSR count). The van der Waals surface area contributed by atoms with E-state index in [1.165, 1.54) is 24.1 Å². The van der Waals surface area contributed by atoms with Crippen LogP contribution in [0, 0.1) is 13.8 Å². The van der Waals surface area contributed by atoms with Crippen LogP contribution in [0.1, 0.15) is 27.2 Å². The van der Waals surface area contributed by atoms with Crippen molar-refractivity contribution in [1.29, 1.82) is 0 Å². The number of ether oxygens (including phenoxy) is 2. The van der Waals surface area contributed by atoms with Gasteiger partial charge in [0.1, 0.15) is 5.56 Å². The first kappa shape index (κ1) is 19.4. The average Bonchev–Trinajstić information content (AvgIpc) is 3.04. The molecular formula is C19H16F3N3O3. The van der Waals surface area contributed by atoms with Gasteiger partial charge in [-0.15, -0.1) is 0 Å². The summed E-state index contributed by atoms with van der Waals surface area (Å²) in [5.74, 6) is 0.135. The summed E-state index contributed by atoms with van der Waals surface area (Å²) in [6.45, 7) is 3.47. The number of esters is 1. The first-order valence-corrected chi connectivity index (χ1v) is 8.15. The van der Waals surface area contributed by atoms with Crippen LogP contribution in [-0.4, -0.2) is 27.8 Å². The summed E-state index contributed by atoms with van der Waals surface area (Å²) in [6, 6.07) is 7.20. The monoisotopic (exact) mass is 391 g/mol. The molecule has 0 aliphatic carbocycles. The summed E-state index contributed by atoms with van der Waals surface area (Å²) in [7, 11) is 1.46. The number of carbonyl (C=O) groups is 1. The van der Waals surface area contributed by atoms with Gasteiger partial charge in [-0.1, -0.05) is 6.07 Å². The number of carbonyl (C=O) groups excluding carboxylic acids is 1. The highest BCUT2D eigenvalue weighted by Crippen LogP contribution is 2.30. The third kappa shape index (κ3) is 3.83. The molecule has 2 aromatic heterocycles. The molecule has 0 radical (unpaired) electrons. The molecule has 3 aromatic rings. The molecule has 9 heteroatoms. The summed E-state index contributed by atoms with van der Waals surface area (Å²) in [5, 5.41) is 4.04. The molecule has 0 N–H and O–H groups in total. The quantitative estimate of drug-likeness (QED) is 0.494. The summed E-state index contributed by atoms with van der Waals surface area (Å²) >= 11 is 0.